The number of carbonyl (C=O) groups excluding carboxylic acids is 1. The zero-order valence-corrected chi connectivity index (χ0v) is 16.6. The third kappa shape index (κ3) is 3.67. The molecule has 8 heteroatoms. The van der Waals surface area contributed by atoms with Gasteiger partial charge in [-0.1, -0.05) is 0 Å². The van der Waals surface area contributed by atoms with Crippen LogP contribution < -0.4 is 5.32 Å². The van der Waals surface area contributed by atoms with Gasteiger partial charge in [-0.2, -0.15) is 0 Å². The number of thiophene rings is 1. The summed E-state index contributed by atoms with van der Waals surface area (Å²) in [7, 11) is 0. The van der Waals surface area contributed by atoms with Crippen LogP contribution >= 0.6 is 22.7 Å². The van der Waals surface area contributed by atoms with Gasteiger partial charge in [0.2, 0.25) is 11.8 Å². The van der Waals surface area contributed by atoms with E-state index in [0.29, 0.717) is 22.5 Å². The van der Waals surface area contributed by atoms with Gasteiger partial charge in [-0.3, -0.25) is 10.1 Å². The number of amides is 1. The molecule has 3 aromatic heterocycles. The van der Waals surface area contributed by atoms with Crippen LogP contribution in [0.25, 0.3) is 22.0 Å². The molecular formula is C19H16N4O2S2. The van der Waals surface area contributed by atoms with E-state index in [4.69, 9.17) is 4.42 Å². The molecule has 0 saturated carbocycles. The molecule has 0 aliphatic rings. The molecule has 0 saturated heterocycles. The van der Waals surface area contributed by atoms with Crippen molar-refractivity contribution >= 4 is 33.7 Å². The summed E-state index contributed by atoms with van der Waals surface area (Å²) in [6, 6.07) is 11.2. The lowest BCUT2D eigenvalue weighted by Crippen LogP contribution is -2.11. The molecule has 4 aromatic rings. The lowest BCUT2D eigenvalue weighted by molar-refractivity contribution is 0.102. The number of nitrogens with one attached hydrogen (secondary N) is 1. The summed E-state index contributed by atoms with van der Waals surface area (Å²) in [5, 5.41) is 11.3. The van der Waals surface area contributed by atoms with E-state index in [1.165, 1.54) is 16.2 Å². The number of aromatic nitrogens is 3. The van der Waals surface area contributed by atoms with Crippen molar-refractivity contribution in [2.45, 2.75) is 20.8 Å². The van der Waals surface area contributed by atoms with E-state index in [1.54, 1.807) is 42.5 Å². The van der Waals surface area contributed by atoms with Gasteiger partial charge in [0.25, 0.3) is 5.91 Å². The fourth-order valence-electron chi connectivity index (χ4n) is 2.59. The van der Waals surface area contributed by atoms with Crippen molar-refractivity contribution in [3.05, 3.63) is 57.6 Å². The van der Waals surface area contributed by atoms with Crippen molar-refractivity contribution < 1.29 is 9.21 Å². The van der Waals surface area contributed by atoms with E-state index < -0.39 is 0 Å². The van der Waals surface area contributed by atoms with E-state index in [1.807, 2.05) is 6.92 Å². The fraction of sp³-hybridized carbons (Fsp3) is 0.158. The summed E-state index contributed by atoms with van der Waals surface area (Å²) in [5.41, 5.74) is 2.24. The van der Waals surface area contributed by atoms with Crippen LogP contribution in [-0.4, -0.2) is 21.1 Å². The number of benzene rings is 1. The second-order valence-electron chi connectivity index (χ2n) is 5.99. The number of rotatable bonds is 4. The quantitative estimate of drug-likeness (QED) is 0.519. The third-order valence-corrected chi connectivity index (χ3v) is 5.80. The number of carbonyl (C=O) groups is 1. The predicted octanol–water partition coefficient (Wildman–Crippen LogP) is 5.10. The van der Waals surface area contributed by atoms with Crippen LogP contribution in [0.1, 0.15) is 26.0 Å². The van der Waals surface area contributed by atoms with E-state index >= 15 is 0 Å². The topological polar surface area (TPSA) is 80.9 Å². The highest BCUT2D eigenvalue weighted by molar-refractivity contribution is 7.18. The van der Waals surface area contributed by atoms with Gasteiger partial charge in [-0.15, -0.1) is 32.9 Å². The summed E-state index contributed by atoms with van der Waals surface area (Å²) in [5.74, 6) is 0.736. The summed E-state index contributed by atoms with van der Waals surface area (Å²) < 4.78 is 5.40. The second-order valence-corrected chi connectivity index (χ2v) is 8.48. The molecular weight excluding hydrogens is 380 g/mol. The van der Waals surface area contributed by atoms with Crippen LogP contribution in [0, 0.1) is 20.8 Å². The molecule has 1 N–H and O–H groups in total. The van der Waals surface area contributed by atoms with Crippen molar-refractivity contribution in [2.75, 3.05) is 5.32 Å². The molecule has 0 bridgehead atoms. The minimum atomic E-state index is -0.203. The zero-order valence-electron chi connectivity index (χ0n) is 14.9. The largest absolute Gasteiger partial charge is 0.421 e. The lowest BCUT2D eigenvalue weighted by atomic mass is 10.1. The second kappa shape index (κ2) is 7.05. The van der Waals surface area contributed by atoms with Gasteiger partial charge in [0.15, 0.2) is 5.13 Å². The number of anilines is 1. The lowest BCUT2D eigenvalue weighted by Gasteiger charge is -2.02. The summed E-state index contributed by atoms with van der Waals surface area (Å²) in [4.78, 5) is 20.6. The molecule has 0 fully saturated rings. The molecule has 1 aromatic carbocycles. The van der Waals surface area contributed by atoms with Crippen molar-refractivity contribution in [1.82, 2.24) is 15.2 Å². The Kier molecular flexibility index (Phi) is 4.59. The number of hydrogen-bond acceptors (Lipinski definition) is 7. The highest BCUT2D eigenvalue weighted by atomic mass is 32.1. The zero-order chi connectivity index (χ0) is 19.0. The van der Waals surface area contributed by atoms with Gasteiger partial charge in [0.1, 0.15) is 0 Å². The van der Waals surface area contributed by atoms with Crippen molar-refractivity contribution in [2.24, 2.45) is 0 Å². The Morgan fingerprint density at radius 3 is 2.41 bits per heavy atom. The van der Waals surface area contributed by atoms with E-state index in [0.717, 1.165) is 21.0 Å². The molecule has 0 spiro atoms. The molecule has 3 heterocycles. The average Bonchev–Trinajstić information content (AvgIpc) is 3.35. The van der Waals surface area contributed by atoms with Gasteiger partial charge in [0, 0.05) is 27.8 Å². The number of hydrogen-bond donors (Lipinski definition) is 1. The normalized spacial score (nSPS) is 10.9. The molecule has 0 aliphatic carbocycles. The molecule has 0 unspecified atom stereocenters. The van der Waals surface area contributed by atoms with Crippen molar-refractivity contribution in [3.63, 3.8) is 0 Å². The summed E-state index contributed by atoms with van der Waals surface area (Å²) in [6.07, 6.45) is 0. The van der Waals surface area contributed by atoms with Crippen molar-refractivity contribution in [1.29, 1.82) is 0 Å². The van der Waals surface area contributed by atoms with Gasteiger partial charge in [-0.05, 0) is 50.2 Å². The first-order valence-corrected chi connectivity index (χ1v) is 9.89. The van der Waals surface area contributed by atoms with Gasteiger partial charge < -0.3 is 4.42 Å². The van der Waals surface area contributed by atoms with Gasteiger partial charge in [0.05, 0.1) is 10.6 Å². The molecule has 0 atom stereocenters. The van der Waals surface area contributed by atoms with Crippen LogP contribution in [0.5, 0.6) is 0 Å². The first-order valence-electron chi connectivity index (χ1n) is 8.26. The minimum absolute atomic E-state index is 0.203. The first-order chi connectivity index (χ1) is 13.0. The van der Waals surface area contributed by atoms with Gasteiger partial charge >= 0.3 is 0 Å². The Labute approximate surface area is 163 Å². The highest BCUT2D eigenvalue weighted by Gasteiger charge is 2.15. The van der Waals surface area contributed by atoms with Crippen LogP contribution in [-0.2, 0) is 0 Å². The molecule has 6 nitrogen and oxygen atoms in total. The maximum atomic E-state index is 12.5. The van der Waals surface area contributed by atoms with Gasteiger partial charge in [-0.25, -0.2) is 4.98 Å². The third-order valence-electron chi connectivity index (χ3n) is 3.91. The first kappa shape index (κ1) is 17.6. The van der Waals surface area contributed by atoms with Crippen LogP contribution in [0.15, 0.2) is 40.8 Å². The van der Waals surface area contributed by atoms with Crippen LogP contribution in [0.4, 0.5) is 5.13 Å². The van der Waals surface area contributed by atoms with E-state index in [2.05, 4.69) is 39.6 Å². The SMILES string of the molecule is Cc1nnc(-c2ccc(C(=O)Nc3nc(-c4ccc(C)s4)c(C)s3)cc2)o1. The maximum Gasteiger partial charge on any atom is 0.257 e. The molecule has 27 heavy (non-hydrogen) atoms. The number of aryl methyl sites for hydroxylation is 3. The summed E-state index contributed by atoms with van der Waals surface area (Å²) >= 11 is 3.17. The molecule has 0 radical (unpaired) electrons. The smallest absolute Gasteiger partial charge is 0.257 e. The molecule has 136 valence electrons. The number of nitrogens with zero attached hydrogens (tertiary/aromatic N) is 3. The molecule has 1 amide bonds. The summed E-state index contributed by atoms with van der Waals surface area (Å²) in [6.45, 7) is 5.82. The average molecular weight is 396 g/mol. The van der Waals surface area contributed by atoms with E-state index in [-0.39, 0.29) is 5.91 Å². The fourth-order valence-corrected chi connectivity index (χ4v) is 4.39. The highest BCUT2D eigenvalue weighted by Crippen LogP contribution is 2.34. The molecule has 4 rings (SSSR count). The van der Waals surface area contributed by atoms with E-state index in [9.17, 15) is 4.79 Å². The van der Waals surface area contributed by atoms with Crippen LogP contribution in [0.3, 0.4) is 0 Å². The number of thiazole rings is 1. The van der Waals surface area contributed by atoms with Crippen molar-refractivity contribution in [3.8, 4) is 22.0 Å². The predicted molar refractivity (Wildman–Crippen MR) is 107 cm³/mol. The molecule has 0 aliphatic heterocycles. The maximum absolute atomic E-state index is 12.5. The Bertz CT molecular complexity index is 1110. The Hall–Kier alpha value is -2.84. The minimum Gasteiger partial charge on any atom is -0.421 e. The standard InChI is InChI=1S/C19H16N4O2S2/c1-10-4-9-15(26-10)16-11(2)27-19(20-16)21-17(24)13-5-7-14(8-6-13)18-23-22-12(3)25-18/h4-9H,1-3H3,(H,20,21,24). The Balaban J connectivity index is 1.51. The Morgan fingerprint density at radius 2 is 1.78 bits per heavy atom. The monoisotopic (exact) mass is 396 g/mol. The Morgan fingerprint density at radius 1 is 1.00 bits per heavy atom. The van der Waals surface area contributed by atoms with Crippen LogP contribution in [0.2, 0.25) is 0 Å².